The molecule has 0 unspecified atom stereocenters. The molecule has 0 bridgehead atoms. The fourth-order valence-corrected chi connectivity index (χ4v) is 2.13. The van der Waals surface area contributed by atoms with E-state index in [4.69, 9.17) is 5.26 Å². The third kappa shape index (κ3) is 3.47. The van der Waals surface area contributed by atoms with Crippen LogP contribution in [0.2, 0.25) is 0 Å². The number of carbonyl (C=O) groups is 1. The van der Waals surface area contributed by atoms with Gasteiger partial charge in [0.05, 0.1) is 18.2 Å². The number of thioether (sulfide) groups is 1. The van der Waals surface area contributed by atoms with E-state index < -0.39 is 0 Å². The number of amides is 1. The SMILES string of the molecule is N#Cc1ccc(C=CC(=O)NC2=NCCS2)cc1. The third-order valence-electron chi connectivity index (χ3n) is 2.28. The predicted molar refractivity (Wildman–Crippen MR) is 73.1 cm³/mol. The van der Waals surface area contributed by atoms with E-state index >= 15 is 0 Å². The molecule has 4 nitrogen and oxygen atoms in total. The Labute approximate surface area is 109 Å². The Kier molecular flexibility index (Phi) is 4.15. The minimum Gasteiger partial charge on any atom is -0.302 e. The van der Waals surface area contributed by atoms with Gasteiger partial charge in [0.1, 0.15) is 0 Å². The van der Waals surface area contributed by atoms with Crippen LogP contribution in [0.25, 0.3) is 6.08 Å². The molecule has 1 aliphatic heterocycles. The predicted octanol–water partition coefficient (Wildman–Crippen LogP) is 1.79. The molecule has 1 aromatic carbocycles. The van der Waals surface area contributed by atoms with Gasteiger partial charge in [-0.1, -0.05) is 23.9 Å². The Morgan fingerprint density at radius 1 is 1.44 bits per heavy atom. The van der Waals surface area contributed by atoms with Gasteiger partial charge in [0.15, 0.2) is 5.17 Å². The molecular weight excluding hydrogens is 246 g/mol. The number of nitrogens with zero attached hydrogens (tertiary/aromatic N) is 2. The standard InChI is InChI=1S/C13H11N3OS/c14-9-11-3-1-10(2-4-11)5-6-12(17)16-13-15-7-8-18-13/h1-6H,7-8H2,(H,15,16,17). The zero-order chi connectivity index (χ0) is 12.8. The third-order valence-corrected chi connectivity index (χ3v) is 3.17. The summed E-state index contributed by atoms with van der Waals surface area (Å²) in [7, 11) is 0. The monoisotopic (exact) mass is 257 g/mol. The topological polar surface area (TPSA) is 65.2 Å². The van der Waals surface area contributed by atoms with Crippen LogP contribution >= 0.6 is 11.8 Å². The van der Waals surface area contributed by atoms with Gasteiger partial charge in [0.2, 0.25) is 5.91 Å². The Hall–Kier alpha value is -2.06. The maximum Gasteiger partial charge on any atom is 0.249 e. The van der Waals surface area contributed by atoms with Crippen LogP contribution in [0.5, 0.6) is 0 Å². The van der Waals surface area contributed by atoms with Crippen molar-refractivity contribution in [2.45, 2.75) is 0 Å². The average molecular weight is 257 g/mol. The fraction of sp³-hybridized carbons (Fsp3) is 0.154. The van der Waals surface area contributed by atoms with Crippen LogP contribution in [0.1, 0.15) is 11.1 Å². The summed E-state index contributed by atoms with van der Waals surface area (Å²) in [6.45, 7) is 0.764. The fourth-order valence-electron chi connectivity index (χ4n) is 1.40. The van der Waals surface area contributed by atoms with Crippen molar-refractivity contribution >= 4 is 28.9 Å². The lowest BCUT2D eigenvalue weighted by Crippen LogP contribution is -2.25. The number of aliphatic imine (C=N–C) groups is 1. The van der Waals surface area contributed by atoms with Crippen LogP contribution in [0, 0.1) is 11.3 Å². The van der Waals surface area contributed by atoms with Crippen molar-refractivity contribution in [3.05, 3.63) is 41.5 Å². The van der Waals surface area contributed by atoms with Crippen molar-refractivity contribution in [2.75, 3.05) is 12.3 Å². The molecule has 18 heavy (non-hydrogen) atoms. The van der Waals surface area contributed by atoms with E-state index in [9.17, 15) is 4.79 Å². The summed E-state index contributed by atoms with van der Waals surface area (Å²) in [5.74, 6) is 0.738. The first-order valence-corrected chi connectivity index (χ1v) is 6.43. The maximum atomic E-state index is 11.6. The molecule has 0 spiro atoms. The second-order valence-electron chi connectivity index (χ2n) is 3.59. The highest BCUT2D eigenvalue weighted by Gasteiger charge is 2.08. The second kappa shape index (κ2) is 6.03. The normalized spacial score (nSPS) is 14.3. The molecule has 0 saturated heterocycles. The quantitative estimate of drug-likeness (QED) is 0.821. The first kappa shape index (κ1) is 12.4. The Morgan fingerprint density at radius 3 is 2.83 bits per heavy atom. The first-order valence-electron chi connectivity index (χ1n) is 5.44. The summed E-state index contributed by atoms with van der Waals surface area (Å²) in [4.78, 5) is 15.7. The maximum absolute atomic E-state index is 11.6. The number of nitriles is 1. The summed E-state index contributed by atoms with van der Waals surface area (Å²) >= 11 is 1.55. The number of amidine groups is 1. The van der Waals surface area contributed by atoms with E-state index in [1.165, 1.54) is 6.08 Å². The minimum absolute atomic E-state index is 0.187. The first-order chi connectivity index (χ1) is 8.78. The van der Waals surface area contributed by atoms with Gasteiger partial charge in [-0.3, -0.25) is 9.79 Å². The number of rotatable bonds is 2. The van der Waals surface area contributed by atoms with Gasteiger partial charge < -0.3 is 5.32 Å². The average Bonchev–Trinajstić information content (AvgIpc) is 2.90. The summed E-state index contributed by atoms with van der Waals surface area (Å²) in [5, 5.41) is 12.0. The second-order valence-corrected chi connectivity index (χ2v) is 4.68. The molecule has 2 rings (SSSR count). The molecule has 1 N–H and O–H groups in total. The number of nitrogens with one attached hydrogen (secondary N) is 1. The number of hydrogen-bond acceptors (Lipinski definition) is 4. The molecule has 0 aliphatic carbocycles. The highest BCUT2D eigenvalue weighted by molar-refractivity contribution is 8.14. The Morgan fingerprint density at radius 2 is 2.22 bits per heavy atom. The Bertz CT molecular complexity index is 540. The van der Waals surface area contributed by atoms with Gasteiger partial charge in [0.25, 0.3) is 0 Å². The van der Waals surface area contributed by atoms with E-state index in [2.05, 4.69) is 10.3 Å². The van der Waals surface area contributed by atoms with Gasteiger partial charge in [-0.05, 0) is 23.8 Å². The molecule has 1 heterocycles. The van der Waals surface area contributed by atoms with Crippen molar-refractivity contribution in [3.63, 3.8) is 0 Å². The molecule has 0 aromatic heterocycles. The lowest BCUT2D eigenvalue weighted by molar-refractivity contribution is -0.115. The molecule has 0 saturated carbocycles. The van der Waals surface area contributed by atoms with Crippen molar-refractivity contribution in [2.24, 2.45) is 4.99 Å². The lowest BCUT2D eigenvalue weighted by Gasteiger charge is -1.98. The van der Waals surface area contributed by atoms with Crippen molar-refractivity contribution in [3.8, 4) is 6.07 Å². The van der Waals surface area contributed by atoms with E-state index in [0.717, 1.165) is 17.9 Å². The molecular formula is C13H11N3OS. The molecule has 1 aliphatic rings. The highest BCUT2D eigenvalue weighted by Crippen LogP contribution is 2.09. The van der Waals surface area contributed by atoms with Gasteiger partial charge in [0, 0.05) is 11.8 Å². The highest BCUT2D eigenvalue weighted by atomic mass is 32.2. The summed E-state index contributed by atoms with van der Waals surface area (Å²) in [6, 6.07) is 9.07. The van der Waals surface area contributed by atoms with E-state index in [-0.39, 0.29) is 5.91 Å². The van der Waals surface area contributed by atoms with Gasteiger partial charge in [-0.2, -0.15) is 5.26 Å². The van der Waals surface area contributed by atoms with Crippen LogP contribution in [0.3, 0.4) is 0 Å². The summed E-state index contributed by atoms with van der Waals surface area (Å²) in [5.41, 5.74) is 1.48. The molecule has 90 valence electrons. The van der Waals surface area contributed by atoms with E-state index in [1.807, 2.05) is 6.07 Å². The molecule has 5 heteroatoms. The number of carbonyl (C=O) groups excluding carboxylic acids is 1. The molecule has 1 amide bonds. The summed E-state index contributed by atoms with van der Waals surface area (Å²) < 4.78 is 0. The van der Waals surface area contributed by atoms with Crippen LogP contribution in [-0.2, 0) is 4.79 Å². The largest absolute Gasteiger partial charge is 0.302 e. The number of benzene rings is 1. The summed E-state index contributed by atoms with van der Waals surface area (Å²) in [6.07, 6.45) is 3.17. The van der Waals surface area contributed by atoms with Crippen molar-refractivity contribution < 1.29 is 4.79 Å². The molecule has 0 atom stereocenters. The smallest absolute Gasteiger partial charge is 0.249 e. The van der Waals surface area contributed by atoms with Gasteiger partial charge in [-0.25, -0.2) is 0 Å². The van der Waals surface area contributed by atoms with E-state index in [1.54, 1.807) is 42.1 Å². The van der Waals surface area contributed by atoms with Crippen LogP contribution in [0.4, 0.5) is 0 Å². The van der Waals surface area contributed by atoms with Crippen LogP contribution < -0.4 is 5.32 Å². The van der Waals surface area contributed by atoms with E-state index in [0.29, 0.717) is 10.7 Å². The van der Waals surface area contributed by atoms with Crippen molar-refractivity contribution in [1.82, 2.24) is 5.32 Å². The lowest BCUT2D eigenvalue weighted by atomic mass is 10.1. The minimum atomic E-state index is -0.187. The zero-order valence-corrected chi connectivity index (χ0v) is 10.4. The van der Waals surface area contributed by atoms with Gasteiger partial charge in [-0.15, -0.1) is 0 Å². The van der Waals surface area contributed by atoms with Crippen LogP contribution in [0.15, 0.2) is 35.3 Å². The molecule has 1 aromatic rings. The van der Waals surface area contributed by atoms with Gasteiger partial charge >= 0.3 is 0 Å². The van der Waals surface area contributed by atoms with Crippen molar-refractivity contribution in [1.29, 1.82) is 5.26 Å². The zero-order valence-electron chi connectivity index (χ0n) is 9.59. The number of hydrogen-bond donors (Lipinski definition) is 1. The molecule has 0 fully saturated rings. The van der Waals surface area contributed by atoms with Crippen LogP contribution in [-0.4, -0.2) is 23.4 Å². The molecule has 0 radical (unpaired) electrons. The Balaban J connectivity index is 1.93.